The van der Waals surface area contributed by atoms with E-state index in [9.17, 15) is 9.18 Å². The summed E-state index contributed by atoms with van der Waals surface area (Å²) in [4.78, 5) is 13.2. The number of benzene rings is 1. The van der Waals surface area contributed by atoms with E-state index in [1.807, 2.05) is 6.92 Å². The molecule has 0 fully saturated rings. The number of ether oxygens (including phenoxy) is 1. The zero-order chi connectivity index (χ0) is 12.0. The molecular weight excluding hydrogens is 209 g/mol. The van der Waals surface area contributed by atoms with Crippen molar-refractivity contribution in [2.75, 3.05) is 20.3 Å². The topological polar surface area (TPSA) is 29.5 Å². The summed E-state index contributed by atoms with van der Waals surface area (Å²) >= 11 is 0. The first-order chi connectivity index (χ1) is 7.67. The fraction of sp³-hybridized carbons (Fsp3) is 0.417. The highest BCUT2D eigenvalue weighted by Crippen LogP contribution is 2.07. The fourth-order valence-electron chi connectivity index (χ4n) is 1.45. The summed E-state index contributed by atoms with van der Waals surface area (Å²) in [6.07, 6.45) is 0. The minimum Gasteiger partial charge on any atom is -0.375 e. The van der Waals surface area contributed by atoms with Crippen LogP contribution in [0.15, 0.2) is 24.3 Å². The number of hydrogen-bond donors (Lipinski definition) is 0. The summed E-state index contributed by atoms with van der Waals surface area (Å²) in [5.74, 6) is -0.373. The maximum absolute atomic E-state index is 12.9. The number of rotatable bonds is 5. The molecule has 3 nitrogen and oxygen atoms in total. The van der Waals surface area contributed by atoms with Crippen LogP contribution in [0, 0.1) is 5.82 Å². The molecule has 0 heterocycles. The van der Waals surface area contributed by atoms with Crippen molar-refractivity contribution in [1.82, 2.24) is 4.90 Å². The molecule has 0 saturated heterocycles. The first-order valence-electron chi connectivity index (χ1n) is 5.18. The number of halogens is 1. The molecule has 0 aromatic heterocycles. The van der Waals surface area contributed by atoms with Crippen molar-refractivity contribution in [1.29, 1.82) is 0 Å². The number of nitrogens with zero attached hydrogens (tertiary/aromatic N) is 1. The molecule has 0 aliphatic rings. The van der Waals surface area contributed by atoms with Crippen molar-refractivity contribution >= 4 is 5.91 Å². The third kappa shape index (κ3) is 3.62. The van der Waals surface area contributed by atoms with Crippen molar-refractivity contribution in [3.05, 3.63) is 35.6 Å². The van der Waals surface area contributed by atoms with Crippen molar-refractivity contribution in [3.63, 3.8) is 0 Å². The Balaban J connectivity index is 2.66. The van der Waals surface area contributed by atoms with Crippen LogP contribution in [-0.4, -0.2) is 31.1 Å². The average molecular weight is 225 g/mol. The van der Waals surface area contributed by atoms with E-state index in [1.165, 1.54) is 19.2 Å². The summed E-state index contributed by atoms with van der Waals surface area (Å²) in [5, 5.41) is 0. The van der Waals surface area contributed by atoms with E-state index in [0.717, 1.165) is 5.56 Å². The molecule has 0 aliphatic heterocycles. The number of likely N-dealkylation sites (N-methyl/N-ethyl adjacent to an activating group) is 1. The van der Waals surface area contributed by atoms with Gasteiger partial charge in [-0.2, -0.15) is 0 Å². The first kappa shape index (κ1) is 12.6. The molecule has 16 heavy (non-hydrogen) atoms. The lowest BCUT2D eigenvalue weighted by atomic mass is 10.2. The molecule has 0 bridgehead atoms. The van der Waals surface area contributed by atoms with Gasteiger partial charge in [0.1, 0.15) is 12.4 Å². The second kappa shape index (κ2) is 6.23. The van der Waals surface area contributed by atoms with Crippen LogP contribution in [0.2, 0.25) is 0 Å². The minimum absolute atomic E-state index is 0.0587. The SMILES string of the molecule is CCN(Cc1cccc(F)c1)C(=O)COC. The van der Waals surface area contributed by atoms with Crippen LogP contribution in [0.4, 0.5) is 4.39 Å². The highest BCUT2D eigenvalue weighted by atomic mass is 19.1. The van der Waals surface area contributed by atoms with Gasteiger partial charge in [0.2, 0.25) is 5.91 Å². The van der Waals surface area contributed by atoms with E-state index < -0.39 is 0 Å². The smallest absolute Gasteiger partial charge is 0.248 e. The van der Waals surface area contributed by atoms with Gasteiger partial charge < -0.3 is 9.64 Å². The summed E-state index contributed by atoms with van der Waals surface area (Å²) in [5.41, 5.74) is 0.784. The number of carbonyl (C=O) groups excluding carboxylic acids is 1. The molecule has 0 saturated carbocycles. The minimum atomic E-state index is -0.284. The van der Waals surface area contributed by atoms with E-state index in [1.54, 1.807) is 17.0 Å². The second-order valence-corrected chi connectivity index (χ2v) is 3.47. The lowest BCUT2D eigenvalue weighted by Gasteiger charge is -2.20. The van der Waals surface area contributed by atoms with Crippen molar-refractivity contribution < 1.29 is 13.9 Å². The third-order valence-corrected chi connectivity index (χ3v) is 2.26. The normalized spacial score (nSPS) is 10.2. The zero-order valence-electron chi connectivity index (χ0n) is 9.57. The molecule has 4 heteroatoms. The molecule has 1 aromatic rings. The van der Waals surface area contributed by atoms with Gasteiger partial charge in [0.15, 0.2) is 0 Å². The highest BCUT2D eigenvalue weighted by molar-refractivity contribution is 5.77. The first-order valence-corrected chi connectivity index (χ1v) is 5.18. The van der Waals surface area contributed by atoms with Gasteiger partial charge >= 0.3 is 0 Å². The van der Waals surface area contributed by atoms with E-state index in [2.05, 4.69) is 0 Å². The van der Waals surface area contributed by atoms with Crippen LogP contribution >= 0.6 is 0 Å². The van der Waals surface area contributed by atoms with Crippen molar-refractivity contribution in [2.45, 2.75) is 13.5 Å². The quantitative estimate of drug-likeness (QED) is 0.765. The van der Waals surface area contributed by atoms with E-state index >= 15 is 0 Å². The van der Waals surface area contributed by atoms with E-state index in [0.29, 0.717) is 13.1 Å². The molecule has 0 radical (unpaired) electrons. The molecular formula is C12H16FNO2. The van der Waals surface area contributed by atoms with Crippen molar-refractivity contribution in [2.24, 2.45) is 0 Å². The van der Waals surface area contributed by atoms with Crippen LogP contribution in [0.5, 0.6) is 0 Å². The van der Waals surface area contributed by atoms with Crippen molar-refractivity contribution in [3.8, 4) is 0 Å². The molecule has 0 unspecified atom stereocenters. The van der Waals surface area contributed by atoms with E-state index in [-0.39, 0.29) is 18.3 Å². The van der Waals surface area contributed by atoms with Gasteiger partial charge in [0.05, 0.1) is 0 Å². The molecule has 1 aromatic carbocycles. The molecule has 0 N–H and O–H groups in total. The molecule has 88 valence electrons. The standard InChI is InChI=1S/C12H16FNO2/c1-3-14(12(15)9-16-2)8-10-5-4-6-11(13)7-10/h4-7H,3,8-9H2,1-2H3. The van der Waals surface area contributed by atoms with Gasteiger partial charge in [0, 0.05) is 20.2 Å². The zero-order valence-corrected chi connectivity index (χ0v) is 9.57. The van der Waals surface area contributed by atoms with E-state index in [4.69, 9.17) is 4.74 Å². The Bertz CT molecular complexity index is 355. The Kier molecular flexibility index (Phi) is 4.92. The second-order valence-electron chi connectivity index (χ2n) is 3.47. The van der Waals surface area contributed by atoms with Gasteiger partial charge in [-0.1, -0.05) is 12.1 Å². The molecule has 0 spiro atoms. The lowest BCUT2D eigenvalue weighted by molar-refractivity contribution is -0.135. The summed E-state index contributed by atoms with van der Waals surface area (Å²) < 4.78 is 17.7. The number of hydrogen-bond acceptors (Lipinski definition) is 2. The Morgan fingerprint density at radius 3 is 2.81 bits per heavy atom. The Morgan fingerprint density at radius 2 is 2.25 bits per heavy atom. The molecule has 0 aliphatic carbocycles. The highest BCUT2D eigenvalue weighted by Gasteiger charge is 2.11. The predicted octanol–water partition coefficient (Wildman–Crippen LogP) is 1.82. The van der Waals surface area contributed by atoms with Gasteiger partial charge in [0.25, 0.3) is 0 Å². The molecule has 1 rings (SSSR count). The molecule has 0 atom stereocenters. The van der Waals surface area contributed by atoms with Gasteiger partial charge in [-0.3, -0.25) is 4.79 Å². The Labute approximate surface area is 94.8 Å². The van der Waals surface area contributed by atoms with Crippen LogP contribution in [0.25, 0.3) is 0 Å². The van der Waals surface area contributed by atoms with Gasteiger partial charge in [-0.05, 0) is 24.6 Å². The monoisotopic (exact) mass is 225 g/mol. The summed E-state index contributed by atoms with van der Waals surface area (Å²) in [6, 6.07) is 6.25. The summed E-state index contributed by atoms with van der Waals surface area (Å²) in [7, 11) is 1.48. The van der Waals surface area contributed by atoms with Crippen LogP contribution < -0.4 is 0 Å². The molecule has 1 amide bonds. The largest absolute Gasteiger partial charge is 0.375 e. The number of amides is 1. The van der Waals surface area contributed by atoms with Gasteiger partial charge in [-0.25, -0.2) is 4.39 Å². The predicted molar refractivity (Wildman–Crippen MR) is 59.4 cm³/mol. The third-order valence-electron chi connectivity index (χ3n) is 2.26. The van der Waals surface area contributed by atoms with Crippen LogP contribution in [-0.2, 0) is 16.1 Å². The Hall–Kier alpha value is -1.42. The maximum Gasteiger partial charge on any atom is 0.248 e. The summed E-state index contributed by atoms with van der Waals surface area (Å²) in [6.45, 7) is 2.94. The number of carbonyl (C=O) groups is 1. The fourth-order valence-corrected chi connectivity index (χ4v) is 1.45. The Morgan fingerprint density at radius 1 is 1.50 bits per heavy atom. The van der Waals surface area contributed by atoms with Crippen LogP contribution in [0.3, 0.4) is 0 Å². The number of methoxy groups -OCH3 is 1. The van der Waals surface area contributed by atoms with Gasteiger partial charge in [-0.15, -0.1) is 0 Å². The maximum atomic E-state index is 12.9. The lowest BCUT2D eigenvalue weighted by Crippen LogP contribution is -2.33. The average Bonchev–Trinajstić information content (AvgIpc) is 2.26. The van der Waals surface area contributed by atoms with Crippen LogP contribution in [0.1, 0.15) is 12.5 Å².